The molecule has 2 unspecified atom stereocenters. The number of carboxylic acid groups (broad SMARTS) is 1. The summed E-state index contributed by atoms with van der Waals surface area (Å²) in [6.45, 7) is 4.89. The van der Waals surface area contributed by atoms with Crippen molar-refractivity contribution in [1.29, 1.82) is 0 Å². The molecule has 0 fully saturated rings. The Bertz CT molecular complexity index is 1120. The third-order valence-corrected chi connectivity index (χ3v) is 5.91. The second kappa shape index (κ2) is 7.74. The molecule has 1 amide bonds. The number of hydrogen-bond acceptors (Lipinski definition) is 5. The second-order valence-electron chi connectivity index (χ2n) is 7.84. The SMILES string of the molecule is CCC(C)C(C(=O)O)c1ccc2nc(N)nc(C(=O)N3Cc4ccccc4C3)c2c1. The fourth-order valence-corrected chi connectivity index (χ4v) is 4.10. The maximum atomic E-state index is 13.4. The summed E-state index contributed by atoms with van der Waals surface area (Å²) in [7, 11) is 0. The zero-order chi connectivity index (χ0) is 21.4. The zero-order valence-corrected chi connectivity index (χ0v) is 17.0. The summed E-state index contributed by atoms with van der Waals surface area (Å²) in [5, 5.41) is 10.3. The van der Waals surface area contributed by atoms with E-state index in [9.17, 15) is 14.7 Å². The average molecular weight is 404 g/mol. The molecule has 154 valence electrons. The maximum absolute atomic E-state index is 13.4. The molecule has 3 N–H and O–H groups in total. The van der Waals surface area contributed by atoms with Gasteiger partial charge in [-0.05, 0) is 34.7 Å². The van der Waals surface area contributed by atoms with Crippen LogP contribution in [-0.2, 0) is 17.9 Å². The largest absolute Gasteiger partial charge is 0.481 e. The van der Waals surface area contributed by atoms with Gasteiger partial charge in [0, 0.05) is 18.5 Å². The van der Waals surface area contributed by atoms with E-state index in [1.165, 1.54) is 0 Å². The van der Waals surface area contributed by atoms with Crippen molar-refractivity contribution in [1.82, 2.24) is 14.9 Å². The van der Waals surface area contributed by atoms with Crippen molar-refractivity contribution in [3.8, 4) is 0 Å². The standard InChI is InChI=1S/C23H24N4O3/c1-3-13(2)19(22(29)30)14-8-9-18-17(10-14)20(26-23(24)25-18)21(28)27-11-15-6-4-5-7-16(15)12-27/h4-10,13,19H,3,11-12H2,1-2H3,(H,29,30)(H2,24,25,26). The highest BCUT2D eigenvalue weighted by Gasteiger charge is 2.29. The third-order valence-electron chi connectivity index (χ3n) is 5.91. The summed E-state index contributed by atoms with van der Waals surface area (Å²) < 4.78 is 0. The lowest BCUT2D eigenvalue weighted by molar-refractivity contribution is -0.140. The van der Waals surface area contributed by atoms with Gasteiger partial charge in [0.25, 0.3) is 5.91 Å². The molecule has 2 atom stereocenters. The highest BCUT2D eigenvalue weighted by Crippen LogP contribution is 2.31. The lowest BCUT2D eigenvalue weighted by Crippen LogP contribution is -2.27. The van der Waals surface area contributed by atoms with Crippen LogP contribution in [0.2, 0.25) is 0 Å². The lowest BCUT2D eigenvalue weighted by Gasteiger charge is -2.20. The molecule has 0 spiro atoms. The number of aliphatic carboxylic acids is 1. The highest BCUT2D eigenvalue weighted by atomic mass is 16.4. The molecule has 0 saturated carbocycles. The molecular formula is C23H24N4O3. The van der Waals surface area contributed by atoms with Gasteiger partial charge in [-0.25, -0.2) is 9.97 Å². The number of hydrogen-bond donors (Lipinski definition) is 2. The van der Waals surface area contributed by atoms with E-state index in [0.717, 1.165) is 17.5 Å². The van der Waals surface area contributed by atoms with E-state index in [4.69, 9.17) is 5.73 Å². The number of anilines is 1. The van der Waals surface area contributed by atoms with Crippen molar-refractivity contribution in [2.45, 2.75) is 39.3 Å². The summed E-state index contributed by atoms with van der Waals surface area (Å²) in [6.07, 6.45) is 0.727. The van der Waals surface area contributed by atoms with Crippen molar-refractivity contribution in [2.75, 3.05) is 5.73 Å². The van der Waals surface area contributed by atoms with E-state index in [2.05, 4.69) is 9.97 Å². The molecule has 30 heavy (non-hydrogen) atoms. The van der Waals surface area contributed by atoms with Gasteiger partial charge in [-0.3, -0.25) is 9.59 Å². The minimum Gasteiger partial charge on any atom is -0.481 e. The van der Waals surface area contributed by atoms with E-state index in [-0.39, 0.29) is 23.5 Å². The number of nitrogens with two attached hydrogens (primary N) is 1. The molecule has 1 aromatic heterocycles. The number of amides is 1. The topological polar surface area (TPSA) is 109 Å². The molecular weight excluding hydrogens is 380 g/mol. The van der Waals surface area contributed by atoms with Gasteiger partial charge >= 0.3 is 5.97 Å². The van der Waals surface area contributed by atoms with Gasteiger partial charge in [0.1, 0.15) is 5.69 Å². The normalized spacial score (nSPS) is 15.1. The molecule has 4 rings (SSSR count). The molecule has 0 radical (unpaired) electrons. The lowest BCUT2D eigenvalue weighted by atomic mass is 9.85. The van der Waals surface area contributed by atoms with Crippen LogP contribution in [0.1, 0.15) is 53.4 Å². The van der Waals surface area contributed by atoms with Crippen molar-refractivity contribution >= 4 is 28.7 Å². The van der Waals surface area contributed by atoms with Crippen LogP contribution in [0.25, 0.3) is 10.9 Å². The first-order chi connectivity index (χ1) is 14.4. The minimum atomic E-state index is -0.886. The number of carbonyl (C=O) groups is 2. The summed E-state index contributed by atoms with van der Waals surface area (Å²) >= 11 is 0. The second-order valence-corrected chi connectivity index (χ2v) is 7.84. The first kappa shape index (κ1) is 19.8. The van der Waals surface area contributed by atoms with E-state index in [1.54, 1.807) is 23.1 Å². The van der Waals surface area contributed by atoms with Crippen LogP contribution in [0, 0.1) is 5.92 Å². The zero-order valence-electron chi connectivity index (χ0n) is 17.0. The number of nitrogen functional groups attached to an aromatic ring is 1. The van der Waals surface area contributed by atoms with Gasteiger partial charge < -0.3 is 15.7 Å². The van der Waals surface area contributed by atoms with E-state index in [1.807, 2.05) is 38.1 Å². The highest BCUT2D eigenvalue weighted by molar-refractivity contribution is 6.05. The number of carboxylic acids is 1. The number of carbonyl (C=O) groups excluding carboxylic acids is 1. The first-order valence-corrected chi connectivity index (χ1v) is 10.0. The van der Waals surface area contributed by atoms with Gasteiger partial charge in [-0.1, -0.05) is 50.6 Å². The Labute approximate surface area is 174 Å². The van der Waals surface area contributed by atoms with E-state index in [0.29, 0.717) is 29.6 Å². The molecule has 0 bridgehead atoms. The van der Waals surface area contributed by atoms with Crippen LogP contribution in [0.15, 0.2) is 42.5 Å². The van der Waals surface area contributed by atoms with E-state index < -0.39 is 11.9 Å². The van der Waals surface area contributed by atoms with Gasteiger partial charge in [0.15, 0.2) is 0 Å². The van der Waals surface area contributed by atoms with Gasteiger partial charge in [0.2, 0.25) is 5.95 Å². The van der Waals surface area contributed by atoms with Gasteiger partial charge in [-0.15, -0.1) is 0 Å². The molecule has 2 aromatic carbocycles. The number of fused-ring (bicyclic) bond motifs is 2. The molecule has 3 aromatic rings. The molecule has 0 aliphatic carbocycles. The summed E-state index contributed by atoms with van der Waals surface area (Å²) in [5.74, 6) is -1.83. The number of nitrogens with zero attached hydrogens (tertiary/aromatic N) is 3. The van der Waals surface area contributed by atoms with Crippen LogP contribution in [0.4, 0.5) is 5.95 Å². The fourth-order valence-electron chi connectivity index (χ4n) is 4.10. The molecule has 7 heteroatoms. The van der Waals surface area contributed by atoms with Crippen molar-refractivity contribution in [3.63, 3.8) is 0 Å². The Morgan fingerprint density at radius 1 is 1.13 bits per heavy atom. The average Bonchev–Trinajstić information content (AvgIpc) is 3.16. The van der Waals surface area contributed by atoms with Crippen LogP contribution >= 0.6 is 0 Å². The molecule has 2 heterocycles. The van der Waals surface area contributed by atoms with Crippen LogP contribution in [-0.4, -0.2) is 31.9 Å². The van der Waals surface area contributed by atoms with Crippen molar-refractivity contribution in [3.05, 3.63) is 64.8 Å². The predicted molar refractivity (Wildman–Crippen MR) is 114 cm³/mol. The van der Waals surface area contributed by atoms with Crippen LogP contribution in [0.3, 0.4) is 0 Å². The Kier molecular flexibility index (Phi) is 5.11. The minimum absolute atomic E-state index is 0.0204. The summed E-state index contributed by atoms with van der Waals surface area (Å²) in [6, 6.07) is 13.1. The number of benzene rings is 2. The van der Waals surface area contributed by atoms with E-state index >= 15 is 0 Å². The van der Waals surface area contributed by atoms with Crippen LogP contribution < -0.4 is 5.73 Å². The van der Waals surface area contributed by atoms with Crippen LogP contribution in [0.5, 0.6) is 0 Å². The first-order valence-electron chi connectivity index (χ1n) is 10.0. The Morgan fingerprint density at radius 2 is 1.80 bits per heavy atom. The maximum Gasteiger partial charge on any atom is 0.311 e. The van der Waals surface area contributed by atoms with Crippen molar-refractivity contribution < 1.29 is 14.7 Å². The van der Waals surface area contributed by atoms with Gasteiger partial charge in [0.05, 0.1) is 11.4 Å². The molecule has 0 saturated heterocycles. The van der Waals surface area contributed by atoms with Gasteiger partial charge in [-0.2, -0.15) is 0 Å². The Morgan fingerprint density at radius 3 is 2.40 bits per heavy atom. The smallest absolute Gasteiger partial charge is 0.311 e. The fraction of sp³-hybridized carbons (Fsp3) is 0.304. The molecule has 7 nitrogen and oxygen atoms in total. The predicted octanol–water partition coefficient (Wildman–Crippen LogP) is 3.58. The summed E-state index contributed by atoms with van der Waals surface area (Å²) in [5.41, 5.74) is 9.47. The van der Waals surface area contributed by atoms with Crippen molar-refractivity contribution in [2.24, 2.45) is 5.92 Å². The Balaban J connectivity index is 1.78. The molecule has 1 aliphatic heterocycles. The Hall–Kier alpha value is -3.48. The third kappa shape index (κ3) is 3.47. The monoisotopic (exact) mass is 404 g/mol. The number of rotatable bonds is 5. The quantitative estimate of drug-likeness (QED) is 0.673. The molecule has 1 aliphatic rings. The number of aromatic nitrogens is 2. The summed E-state index contributed by atoms with van der Waals surface area (Å²) in [4.78, 5) is 35.5.